The fourth-order valence-electron chi connectivity index (χ4n) is 2.62. The molecule has 1 aromatic heterocycles. The van der Waals surface area contributed by atoms with E-state index in [-0.39, 0.29) is 12.5 Å². The van der Waals surface area contributed by atoms with Crippen molar-refractivity contribution >= 4 is 28.9 Å². The topological polar surface area (TPSA) is 89.3 Å². The van der Waals surface area contributed by atoms with Crippen LogP contribution in [0.4, 0.5) is 11.4 Å². The fraction of sp³-hybridized carbons (Fsp3) is 0.167. The Labute approximate surface area is 154 Å². The van der Waals surface area contributed by atoms with Gasteiger partial charge in [-0.1, -0.05) is 47.1 Å². The average Bonchev–Trinajstić information content (AvgIpc) is 3.08. The molecule has 7 nitrogen and oxygen atoms in total. The number of amides is 1. The second-order valence-corrected chi connectivity index (χ2v) is 6.19. The maximum Gasteiger partial charge on any atom is 0.262 e. The Bertz CT molecular complexity index is 943. The monoisotopic (exact) mass is 370 g/mol. The van der Waals surface area contributed by atoms with Gasteiger partial charge in [-0.2, -0.15) is 4.98 Å². The zero-order valence-electron chi connectivity index (χ0n) is 13.7. The van der Waals surface area contributed by atoms with Crippen LogP contribution in [0.25, 0.3) is 0 Å². The maximum atomic E-state index is 11.3. The fourth-order valence-corrected chi connectivity index (χ4v) is 2.85. The summed E-state index contributed by atoms with van der Waals surface area (Å²) in [6.45, 7) is 0.313. The van der Waals surface area contributed by atoms with Gasteiger partial charge in [0.25, 0.3) is 5.91 Å². The maximum absolute atomic E-state index is 11.3. The van der Waals surface area contributed by atoms with Crippen LogP contribution >= 0.6 is 11.6 Å². The van der Waals surface area contributed by atoms with E-state index in [1.165, 1.54) is 0 Å². The zero-order chi connectivity index (χ0) is 17.9. The molecule has 1 amide bonds. The first kappa shape index (κ1) is 16.4. The first-order valence-corrected chi connectivity index (χ1v) is 8.40. The van der Waals surface area contributed by atoms with Crippen molar-refractivity contribution < 1.29 is 14.1 Å². The zero-order valence-corrected chi connectivity index (χ0v) is 14.4. The Kier molecular flexibility index (Phi) is 4.45. The number of nitrogens with zero attached hydrogens (tertiary/aromatic N) is 2. The third-order valence-electron chi connectivity index (χ3n) is 3.85. The van der Waals surface area contributed by atoms with Crippen molar-refractivity contribution in [3.8, 4) is 5.75 Å². The largest absolute Gasteiger partial charge is 0.482 e. The van der Waals surface area contributed by atoms with Crippen molar-refractivity contribution in [1.29, 1.82) is 0 Å². The third-order valence-corrected chi connectivity index (χ3v) is 4.16. The smallest absolute Gasteiger partial charge is 0.262 e. The number of carbonyl (C=O) groups is 1. The van der Waals surface area contributed by atoms with Crippen LogP contribution in [0.3, 0.4) is 0 Å². The molecule has 0 spiro atoms. The van der Waals surface area contributed by atoms with Crippen molar-refractivity contribution in [1.82, 2.24) is 10.1 Å². The number of fused-ring (bicyclic) bond motifs is 1. The molecule has 1 aliphatic rings. The number of rotatable bonds is 5. The minimum Gasteiger partial charge on any atom is -0.482 e. The van der Waals surface area contributed by atoms with E-state index in [1.54, 1.807) is 12.1 Å². The summed E-state index contributed by atoms with van der Waals surface area (Å²) in [6, 6.07) is 13.3. The highest BCUT2D eigenvalue weighted by Gasteiger charge is 2.18. The molecule has 0 radical (unpaired) electrons. The van der Waals surface area contributed by atoms with E-state index in [2.05, 4.69) is 20.8 Å². The van der Waals surface area contributed by atoms with Gasteiger partial charge in [0.05, 0.1) is 22.9 Å². The predicted octanol–water partition coefficient (Wildman–Crippen LogP) is 3.26. The molecule has 0 saturated heterocycles. The molecule has 0 atom stereocenters. The Morgan fingerprint density at radius 2 is 2.08 bits per heavy atom. The van der Waals surface area contributed by atoms with Crippen LogP contribution < -0.4 is 15.4 Å². The van der Waals surface area contributed by atoms with Crippen molar-refractivity contribution in [3.05, 3.63) is 64.8 Å². The Morgan fingerprint density at radius 3 is 2.92 bits per heavy atom. The molecule has 132 valence electrons. The predicted molar refractivity (Wildman–Crippen MR) is 96.4 cm³/mol. The molecule has 1 aliphatic heterocycles. The van der Waals surface area contributed by atoms with Crippen LogP contribution in [-0.2, 0) is 17.8 Å². The quantitative estimate of drug-likeness (QED) is 0.716. The summed E-state index contributed by atoms with van der Waals surface area (Å²) in [7, 11) is 0. The van der Waals surface area contributed by atoms with Gasteiger partial charge in [0.15, 0.2) is 12.4 Å². The molecular formula is C18H15ClN4O3. The van der Waals surface area contributed by atoms with Gasteiger partial charge in [0.2, 0.25) is 5.89 Å². The standard InChI is InChI=1S/C18H15ClN4O3/c19-12-7-14-15(25-10-17(24)21-14)8-13(12)20-9-18-22-16(23-26-18)6-11-4-2-1-3-5-11/h1-5,7-8,20H,6,9-10H2,(H,21,24). The summed E-state index contributed by atoms with van der Waals surface area (Å²) in [5.74, 6) is 1.44. The summed E-state index contributed by atoms with van der Waals surface area (Å²) < 4.78 is 10.7. The second-order valence-electron chi connectivity index (χ2n) is 5.79. The molecule has 0 aliphatic carbocycles. The molecular weight excluding hydrogens is 356 g/mol. The summed E-state index contributed by atoms with van der Waals surface area (Å²) in [5.41, 5.74) is 2.33. The van der Waals surface area contributed by atoms with Crippen molar-refractivity contribution in [2.45, 2.75) is 13.0 Å². The Balaban J connectivity index is 1.42. The SMILES string of the molecule is O=C1COc2cc(NCc3nc(Cc4ccccc4)no3)c(Cl)cc2N1. The molecule has 2 heterocycles. The van der Waals surface area contributed by atoms with Crippen LogP contribution in [-0.4, -0.2) is 22.7 Å². The van der Waals surface area contributed by atoms with Gasteiger partial charge in [0, 0.05) is 12.5 Å². The molecule has 2 N–H and O–H groups in total. The minimum absolute atomic E-state index is 0.0133. The highest BCUT2D eigenvalue weighted by Crippen LogP contribution is 2.36. The van der Waals surface area contributed by atoms with Gasteiger partial charge in [0.1, 0.15) is 5.75 Å². The lowest BCUT2D eigenvalue weighted by Gasteiger charge is -2.19. The van der Waals surface area contributed by atoms with E-state index in [4.69, 9.17) is 20.9 Å². The number of hydrogen-bond acceptors (Lipinski definition) is 6. The summed E-state index contributed by atoms with van der Waals surface area (Å²) in [6.07, 6.45) is 0.609. The Hall–Kier alpha value is -3.06. The van der Waals surface area contributed by atoms with E-state index < -0.39 is 0 Å². The normalized spacial score (nSPS) is 12.9. The third kappa shape index (κ3) is 3.62. The van der Waals surface area contributed by atoms with Crippen LogP contribution in [0.15, 0.2) is 47.0 Å². The van der Waals surface area contributed by atoms with Gasteiger partial charge < -0.3 is 19.9 Å². The molecule has 0 unspecified atom stereocenters. The second kappa shape index (κ2) is 7.05. The van der Waals surface area contributed by atoms with Crippen molar-refractivity contribution in [2.75, 3.05) is 17.2 Å². The number of aromatic nitrogens is 2. The molecule has 0 saturated carbocycles. The first-order chi connectivity index (χ1) is 12.7. The molecule has 2 aromatic carbocycles. The van der Waals surface area contributed by atoms with E-state index >= 15 is 0 Å². The van der Waals surface area contributed by atoms with Gasteiger partial charge in [-0.15, -0.1) is 0 Å². The first-order valence-electron chi connectivity index (χ1n) is 8.03. The van der Waals surface area contributed by atoms with Crippen LogP contribution in [0.5, 0.6) is 5.75 Å². The Morgan fingerprint density at radius 1 is 1.23 bits per heavy atom. The molecule has 0 fully saturated rings. The van der Waals surface area contributed by atoms with E-state index in [9.17, 15) is 4.79 Å². The summed E-state index contributed by atoms with van der Waals surface area (Å²) in [4.78, 5) is 15.7. The van der Waals surface area contributed by atoms with Crippen LogP contribution in [0.1, 0.15) is 17.3 Å². The van der Waals surface area contributed by atoms with Crippen LogP contribution in [0.2, 0.25) is 5.02 Å². The summed E-state index contributed by atoms with van der Waals surface area (Å²) in [5, 5.41) is 10.3. The molecule has 26 heavy (non-hydrogen) atoms. The van der Waals surface area contributed by atoms with E-state index in [0.29, 0.717) is 46.8 Å². The van der Waals surface area contributed by atoms with Crippen LogP contribution in [0, 0.1) is 0 Å². The molecule has 8 heteroatoms. The van der Waals surface area contributed by atoms with Crippen molar-refractivity contribution in [3.63, 3.8) is 0 Å². The number of nitrogens with one attached hydrogen (secondary N) is 2. The molecule has 0 bridgehead atoms. The number of halogens is 1. The van der Waals surface area contributed by atoms with Gasteiger partial charge in [-0.05, 0) is 11.6 Å². The van der Waals surface area contributed by atoms with Crippen molar-refractivity contribution in [2.24, 2.45) is 0 Å². The highest BCUT2D eigenvalue weighted by atomic mass is 35.5. The number of hydrogen-bond donors (Lipinski definition) is 2. The minimum atomic E-state index is -0.203. The summed E-state index contributed by atoms with van der Waals surface area (Å²) >= 11 is 6.25. The average molecular weight is 371 g/mol. The lowest BCUT2D eigenvalue weighted by atomic mass is 10.1. The highest BCUT2D eigenvalue weighted by molar-refractivity contribution is 6.33. The van der Waals surface area contributed by atoms with E-state index in [1.807, 2.05) is 30.3 Å². The molecule has 4 rings (SSSR count). The van der Waals surface area contributed by atoms with E-state index in [0.717, 1.165) is 5.56 Å². The number of anilines is 2. The number of benzene rings is 2. The number of carbonyl (C=O) groups excluding carboxylic acids is 1. The van der Waals surface area contributed by atoms with Gasteiger partial charge in [-0.3, -0.25) is 4.79 Å². The molecule has 3 aromatic rings. The van der Waals surface area contributed by atoms with Gasteiger partial charge >= 0.3 is 0 Å². The number of ether oxygens (including phenoxy) is 1. The van der Waals surface area contributed by atoms with Gasteiger partial charge in [-0.25, -0.2) is 0 Å². The lowest BCUT2D eigenvalue weighted by Crippen LogP contribution is -2.25. The lowest BCUT2D eigenvalue weighted by molar-refractivity contribution is -0.118.